The predicted octanol–water partition coefficient (Wildman–Crippen LogP) is 2.68. The van der Waals surface area contributed by atoms with Crippen molar-refractivity contribution in [1.29, 1.82) is 0 Å². The molecule has 1 N–H and O–H groups in total. The molecule has 1 aliphatic carbocycles. The third kappa shape index (κ3) is 5.06. The number of carboxylic acid groups (broad SMARTS) is 1. The van der Waals surface area contributed by atoms with E-state index in [0.29, 0.717) is 0 Å². The molecule has 0 amide bonds. The zero-order chi connectivity index (χ0) is 15.0. The predicted molar refractivity (Wildman–Crippen MR) is 83.0 cm³/mol. The van der Waals surface area contributed by atoms with Crippen molar-refractivity contribution >= 4 is 5.97 Å². The highest BCUT2D eigenvalue weighted by Crippen LogP contribution is 2.28. The van der Waals surface area contributed by atoms with Gasteiger partial charge in [-0.25, -0.2) is 0 Å². The van der Waals surface area contributed by atoms with Gasteiger partial charge in [0.15, 0.2) is 0 Å². The van der Waals surface area contributed by atoms with Gasteiger partial charge in [-0.05, 0) is 52.0 Å². The third-order valence-corrected chi connectivity index (χ3v) is 4.74. The minimum absolute atomic E-state index is 0.155. The minimum atomic E-state index is -0.600. The first-order valence-corrected chi connectivity index (χ1v) is 8.33. The zero-order valence-electron chi connectivity index (χ0n) is 13.5. The van der Waals surface area contributed by atoms with Crippen LogP contribution >= 0.6 is 0 Å². The van der Waals surface area contributed by atoms with Gasteiger partial charge in [0.1, 0.15) is 0 Å². The second-order valence-corrected chi connectivity index (χ2v) is 5.81. The van der Waals surface area contributed by atoms with E-state index in [1.165, 1.54) is 6.42 Å². The fourth-order valence-electron chi connectivity index (χ4n) is 3.43. The number of carbonyl (C=O) groups is 1. The van der Waals surface area contributed by atoms with E-state index in [9.17, 15) is 9.90 Å². The van der Waals surface area contributed by atoms with Crippen molar-refractivity contribution in [3.8, 4) is 0 Å². The van der Waals surface area contributed by atoms with Crippen LogP contribution in [0.25, 0.3) is 0 Å². The van der Waals surface area contributed by atoms with E-state index >= 15 is 0 Å². The Labute approximate surface area is 124 Å². The molecule has 0 spiro atoms. The molecule has 0 aliphatic heterocycles. The maximum atomic E-state index is 11.4. The highest BCUT2D eigenvalue weighted by atomic mass is 16.4. The number of rotatable bonds is 9. The van der Waals surface area contributed by atoms with Gasteiger partial charge in [0.2, 0.25) is 0 Å². The number of aliphatic carboxylic acids is 1. The molecule has 0 bridgehead atoms. The summed E-state index contributed by atoms with van der Waals surface area (Å²) in [7, 11) is 0. The van der Waals surface area contributed by atoms with Crippen LogP contribution in [0.3, 0.4) is 0 Å². The van der Waals surface area contributed by atoms with E-state index in [-0.39, 0.29) is 12.0 Å². The van der Waals surface area contributed by atoms with E-state index in [1.54, 1.807) is 0 Å². The quantitative estimate of drug-likeness (QED) is 0.707. The lowest BCUT2D eigenvalue weighted by Gasteiger charge is -2.38. The summed E-state index contributed by atoms with van der Waals surface area (Å²) in [6.45, 7) is 11.9. The van der Waals surface area contributed by atoms with Gasteiger partial charge in [0, 0.05) is 6.04 Å². The second kappa shape index (κ2) is 9.35. The molecule has 1 fully saturated rings. The standard InChI is InChI=1S/C16H32N2O2/c1-4-17(5-2)12-9-13-18(6-3)15-11-8-7-10-14(15)16(19)20/h14-15H,4-13H2,1-3H3,(H,19,20). The maximum Gasteiger partial charge on any atom is 0.308 e. The fraction of sp³-hybridized carbons (Fsp3) is 0.938. The molecular formula is C16H32N2O2. The van der Waals surface area contributed by atoms with Crippen molar-refractivity contribution in [1.82, 2.24) is 9.80 Å². The van der Waals surface area contributed by atoms with Crippen molar-refractivity contribution in [3.63, 3.8) is 0 Å². The van der Waals surface area contributed by atoms with Crippen LogP contribution in [-0.2, 0) is 4.79 Å². The molecule has 4 heteroatoms. The Morgan fingerprint density at radius 3 is 2.25 bits per heavy atom. The van der Waals surface area contributed by atoms with Crippen molar-refractivity contribution in [3.05, 3.63) is 0 Å². The van der Waals surface area contributed by atoms with E-state index in [4.69, 9.17) is 0 Å². The topological polar surface area (TPSA) is 43.8 Å². The van der Waals surface area contributed by atoms with Crippen LogP contribution in [0.5, 0.6) is 0 Å². The third-order valence-electron chi connectivity index (χ3n) is 4.74. The van der Waals surface area contributed by atoms with Crippen molar-refractivity contribution < 1.29 is 9.90 Å². The fourth-order valence-corrected chi connectivity index (χ4v) is 3.43. The minimum Gasteiger partial charge on any atom is -0.481 e. The molecule has 0 saturated heterocycles. The Balaban J connectivity index is 2.48. The highest BCUT2D eigenvalue weighted by Gasteiger charge is 2.33. The van der Waals surface area contributed by atoms with Gasteiger partial charge in [0.05, 0.1) is 5.92 Å². The number of hydrogen-bond donors (Lipinski definition) is 1. The Bertz CT molecular complexity index is 280. The largest absolute Gasteiger partial charge is 0.481 e. The molecule has 2 atom stereocenters. The number of nitrogens with zero attached hydrogens (tertiary/aromatic N) is 2. The van der Waals surface area contributed by atoms with Gasteiger partial charge in [-0.1, -0.05) is 33.6 Å². The smallest absolute Gasteiger partial charge is 0.308 e. The summed E-state index contributed by atoms with van der Waals surface area (Å²) in [5.74, 6) is -0.756. The maximum absolute atomic E-state index is 11.4. The SMILES string of the molecule is CCN(CC)CCCN(CC)C1CCCCC1C(=O)O. The van der Waals surface area contributed by atoms with Gasteiger partial charge < -0.3 is 10.0 Å². The first-order chi connectivity index (χ1) is 9.63. The van der Waals surface area contributed by atoms with E-state index in [2.05, 4.69) is 30.6 Å². The molecular weight excluding hydrogens is 252 g/mol. The van der Waals surface area contributed by atoms with Crippen LogP contribution in [0.1, 0.15) is 52.9 Å². The van der Waals surface area contributed by atoms with E-state index in [0.717, 1.165) is 58.4 Å². The summed E-state index contributed by atoms with van der Waals surface area (Å²) in [4.78, 5) is 16.3. The molecule has 1 rings (SSSR count). The lowest BCUT2D eigenvalue weighted by atomic mass is 9.83. The Kier molecular flexibility index (Phi) is 8.15. The first-order valence-electron chi connectivity index (χ1n) is 8.33. The van der Waals surface area contributed by atoms with Crippen LogP contribution in [0, 0.1) is 5.92 Å². The van der Waals surface area contributed by atoms with Crippen molar-refractivity contribution in [2.75, 3.05) is 32.7 Å². The van der Waals surface area contributed by atoms with Crippen molar-refractivity contribution in [2.45, 2.75) is 58.9 Å². The van der Waals surface area contributed by atoms with Gasteiger partial charge in [-0.15, -0.1) is 0 Å². The van der Waals surface area contributed by atoms with Gasteiger partial charge in [-0.2, -0.15) is 0 Å². The molecule has 1 saturated carbocycles. The molecule has 2 unspecified atom stereocenters. The highest BCUT2D eigenvalue weighted by molar-refractivity contribution is 5.71. The van der Waals surface area contributed by atoms with Gasteiger partial charge >= 0.3 is 5.97 Å². The first kappa shape index (κ1) is 17.4. The zero-order valence-corrected chi connectivity index (χ0v) is 13.5. The summed E-state index contributed by atoms with van der Waals surface area (Å²) in [6, 6.07) is 0.253. The molecule has 0 aromatic rings. The van der Waals surface area contributed by atoms with E-state index < -0.39 is 5.97 Å². The van der Waals surface area contributed by atoms with Gasteiger partial charge in [0.25, 0.3) is 0 Å². The molecule has 4 nitrogen and oxygen atoms in total. The molecule has 0 heterocycles. The normalized spacial score (nSPS) is 23.4. The molecule has 0 radical (unpaired) electrons. The van der Waals surface area contributed by atoms with Crippen LogP contribution in [0.2, 0.25) is 0 Å². The number of carboxylic acids is 1. The molecule has 20 heavy (non-hydrogen) atoms. The van der Waals surface area contributed by atoms with E-state index in [1.807, 2.05) is 0 Å². The Morgan fingerprint density at radius 1 is 1.05 bits per heavy atom. The van der Waals surface area contributed by atoms with Crippen LogP contribution in [0.15, 0.2) is 0 Å². The van der Waals surface area contributed by atoms with Crippen LogP contribution < -0.4 is 0 Å². The monoisotopic (exact) mass is 284 g/mol. The lowest BCUT2D eigenvalue weighted by molar-refractivity contribution is -0.145. The molecule has 118 valence electrons. The lowest BCUT2D eigenvalue weighted by Crippen LogP contribution is -2.46. The summed E-state index contributed by atoms with van der Waals surface area (Å²) in [5, 5.41) is 9.41. The van der Waals surface area contributed by atoms with Crippen LogP contribution in [0.4, 0.5) is 0 Å². The molecule has 0 aromatic heterocycles. The number of hydrogen-bond acceptors (Lipinski definition) is 3. The average Bonchev–Trinajstić information content (AvgIpc) is 2.47. The summed E-state index contributed by atoms with van der Waals surface area (Å²) >= 11 is 0. The average molecular weight is 284 g/mol. The summed E-state index contributed by atoms with van der Waals surface area (Å²) in [6.07, 6.45) is 5.30. The Morgan fingerprint density at radius 2 is 1.70 bits per heavy atom. The van der Waals surface area contributed by atoms with Gasteiger partial charge in [-0.3, -0.25) is 9.69 Å². The Hall–Kier alpha value is -0.610. The second-order valence-electron chi connectivity index (χ2n) is 5.81. The molecule has 1 aliphatic rings. The molecule has 0 aromatic carbocycles. The summed E-state index contributed by atoms with van der Waals surface area (Å²) in [5.41, 5.74) is 0. The van der Waals surface area contributed by atoms with Crippen molar-refractivity contribution in [2.24, 2.45) is 5.92 Å². The summed E-state index contributed by atoms with van der Waals surface area (Å²) < 4.78 is 0. The van der Waals surface area contributed by atoms with Crippen LogP contribution in [-0.4, -0.2) is 59.6 Å².